The number of hydrogen-bond acceptors (Lipinski definition) is 4. The summed E-state index contributed by atoms with van der Waals surface area (Å²) < 4.78 is 33.1. The van der Waals surface area contributed by atoms with Crippen LogP contribution in [0.5, 0.6) is 5.75 Å². The average molecular weight is 360 g/mol. The predicted molar refractivity (Wildman–Crippen MR) is 96.6 cm³/mol. The van der Waals surface area contributed by atoms with Crippen molar-refractivity contribution in [2.24, 2.45) is 0 Å². The molecule has 132 valence electrons. The molecule has 0 bridgehead atoms. The van der Waals surface area contributed by atoms with Gasteiger partial charge in [0.25, 0.3) is 10.0 Å². The number of carbonyl (C=O) groups excluding carboxylic acids is 1. The van der Waals surface area contributed by atoms with Gasteiger partial charge < -0.3 is 10.1 Å². The predicted octanol–water partition coefficient (Wildman–Crippen LogP) is 2.94. The van der Waals surface area contributed by atoms with Gasteiger partial charge in [0, 0.05) is 12.6 Å². The van der Waals surface area contributed by atoms with Gasteiger partial charge in [-0.05, 0) is 60.7 Å². The van der Waals surface area contributed by atoms with Gasteiger partial charge in [-0.15, -0.1) is 0 Å². The molecule has 2 aromatic carbocycles. The minimum absolute atomic E-state index is 0.0533. The number of methoxy groups -OCH3 is 1. The minimum atomic E-state index is -3.77. The molecule has 25 heavy (non-hydrogen) atoms. The number of aryl methyl sites for hydroxylation is 2. The highest BCUT2D eigenvalue weighted by atomic mass is 32.2. The zero-order chi connectivity index (χ0) is 18.0. The first kappa shape index (κ1) is 17.3. The Morgan fingerprint density at radius 2 is 1.84 bits per heavy atom. The Hall–Kier alpha value is -2.54. The summed E-state index contributed by atoms with van der Waals surface area (Å²) in [6.07, 6.45) is 3.12. The van der Waals surface area contributed by atoms with Crippen molar-refractivity contribution < 1.29 is 17.9 Å². The van der Waals surface area contributed by atoms with Crippen LogP contribution in [0.25, 0.3) is 0 Å². The first-order valence-corrected chi connectivity index (χ1v) is 9.47. The van der Waals surface area contributed by atoms with Gasteiger partial charge in [0.1, 0.15) is 5.75 Å². The zero-order valence-electron chi connectivity index (χ0n) is 14.1. The summed E-state index contributed by atoms with van der Waals surface area (Å²) in [6, 6.07) is 9.98. The van der Waals surface area contributed by atoms with E-state index in [1.807, 2.05) is 12.1 Å². The van der Waals surface area contributed by atoms with Crippen molar-refractivity contribution in [1.82, 2.24) is 0 Å². The maximum atomic E-state index is 12.7. The fourth-order valence-electron chi connectivity index (χ4n) is 2.99. The summed E-state index contributed by atoms with van der Waals surface area (Å²) in [5.74, 6) is 0.0890. The fraction of sp³-hybridized carbons (Fsp3) is 0.278. The maximum absolute atomic E-state index is 12.7. The molecule has 0 saturated carbocycles. The molecule has 0 saturated heterocycles. The molecular formula is C18H20N2O4S. The van der Waals surface area contributed by atoms with Gasteiger partial charge in [-0.1, -0.05) is 6.07 Å². The summed E-state index contributed by atoms with van der Waals surface area (Å²) in [5, 5.41) is 2.58. The lowest BCUT2D eigenvalue weighted by atomic mass is 10.1. The number of amides is 1. The van der Waals surface area contributed by atoms with Gasteiger partial charge in [-0.25, -0.2) is 8.42 Å². The lowest BCUT2D eigenvalue weighted by molar-refractivity contribution is -0.114. The Balaban J connectivity index is 1.90. The summed E-state index contributed by atoms with van der Waals surface area (Å²) in [6.45, 7) is 1.35. The summed E-state index contributed by atoms with van der Waals surface area (Å²) in [7, 11) is -2.31. The normalized spacial score (nSPS) is 13.2. The monoisotopic (exact) mass is 360 g/mol. The van der Waals surface area contributed by atoms with Crippen molar-refractivity contribution in [2.45, 2.75) is 31.1 Å². The Bertz CT molecular complexity index is 923. The number of benzene rings is 2. The SMILES string of the molecule is COc1ccc(S(=O)(=O)Nc2ccc3c(c2)CCC3)cc1NC(C)=O. The van der Waals surface area contributed by atoms with E-state index >= 15 is 0 Å². The van der Waals surface area contributed by atoms with Crippen molar-refractivity contribution in [3.05, 3.63) is 47.5 Å². The van der Waals surface area contributed by atoms with Gasteiger partial charge >= 0.3 is 0 Å². The summed E-state index contributed by atoms with van der Waals surface area (Å²) in [4.78, 5) is 11.4. The maximum Gasteiger partial charge on any atom is 0.261 e. The van der Waals surface area contributed by atoms with Crippen LogP contribution in [0.4, 0.5) is 11.4 Å². The van der Waals surface area contributed by atoms with E-state index in [1.165, 1.54) is 43.4 Å². The molecule has 0 heterocycles. The molecule has 2 aromatic rings. The molecule has 0 fully saturated rings. The Morgan fingerprint density at radius 1 is 1.08 bits per heavy atom. The minimum Gasteiger partial charge on any atom is -0.495 e. The van der Waals surface area contributed by atoms with E-state index in [2.05, 4.69) is 10.0 Å². The van der Waals surface area contributed by atoms with E-state index in [4.69, 9.17) is 4.74 Å². The third-order valence-electron chi connectivity index (χ3n) is 4.14. The van der Waals surface area contributed by atoms with Crippen LogP contribution in [0.15, 0.2) is 41.3 Å². The van der Waals surface area contributed by atoms with Crippen molar-refractivity contribution in [1.29, 1.82) is 0 Å². The Kier molecular flexibility index (Phi) is 4.67. The Morgan fingerprint density at radius 3 is 2.56 bits per heavy atom. The van der Waals surface area contributed by atoms with Crippen LogP contribution in [-0.4, -0.2) is 21.4 Å². The third kappa shape index (κ3) is 3.76. The second kappa shape index (κ2) is 6.76. The molecule has 0 aromatic heterocycles. The summed E-state index contributed by atoms with van der Waals surface area (Å²) in [5.41, 5.74) is 3.32. The zero-order valence-corrected chi connectivity index (χ0v) is 14.9. The van der Waals surface area contributed by atoms with E-state index in [1.54, 1.807) is 6.07 Å². The topological polar surface area (TPSA) is 84.5 Å². The molecule has 0 radical (unpaired) electrons. The highest BCUT2D eigenvalue weighted by Gasteiger charge is 2.19. The number of fused-ring (bicyclic) bond motifs is 1. The number of rotatable bonds is 5. The van der Waals surface area contributed by atoms with Crippen molar-refractivity contribution in [2.75, 3.05) is 17.1 Å². The largest absolute Gasteiger partial charge is 0.495 e. The molecule has 6 nitrogen and oxygen atoms in total. The molecule has 1 aliphatic rings. The highest BCUT2D eigenvalue weighted by Crippen LogP contribution is 2.30. The smallest absolute Gasteiger partial charge is 0.261 e. The van der Waals surface area contributed by atoms with Gasteiger partial charge in [0.2, 0.25) is 5.91 Å². The molecule has 3 rings (SSSR count). The van der Waals surface area contributed by atoms with Crippen LogP contribution < -0.4 is 14.8 Å². The molecule has 0 unspecified atom stereocenters. The standard InChI is InChI=1S/C18H20N2O4S/c1-12(21)19-17-11-16(8-9-18(17)24-2)25(22,23)20-15-7-6-13-4-3-5-14(13)10-15/h6-11,20H,3-5H2,1-2H3,(H,19,21). The average Bonchev–Trinajstić information content (AvgIpc) is 3.01. The lowest BCUT2D eigenvalue weighted by Crippen LogP contribution is -2.14. The van der Waals surface area contributed by atoms with Gasteiger partial charge in [-0.3, -0.25) is 9.52 Å². The second-order valence-corrected chi connectivity index (χ2v) is 7.67. The van der Waals surface area contributed by atoms with E-state index in [-0.39, 0.29) is 10.8 Å². The van der Waals surface area contributed by atoms with Gasteiger partial charge in [0.05, 0.1) is 17.7 Å². The van der Waals surface area contributed by atoms with Crippen LogP contribution in [0, 0.1) is 0 Å². The van der Waals surface area contributed by atoms with Crippen LogP contribution in [0.2, 0.25) is 0 Å². The quantitative estimate of drug-likeness (QED) is 0.859. The van der Waals surface area contributed by atoms with E-state index < -0.39 is 10.0 Å². The van der Waals surface area contributed by atoms with Crippen LogP contribution in [0.3, 0.4) is 0 Å². The number of ether oxygens (including phenoxy) is 1. The van der Waals surface area contributed by atoms with Crippen LogP contribution >= 0.6 is 0 Å². The number of hydrogen-bond donors (Lipinski definition) is 2. The molecular weight excluding hydrogens is 340 g/mol. The molecule has 1 amide bonds. The van der Waals surface area contributed by atoms with Crippen molar-refractivity contribution >= 4 is 27.3 Å². The van der Waals surface area contributed by atoms with Crippen molar-refractivity contribution in [3.63, 3.8) is 0 Å². The lowest BCUT2D eigenvalue weighted by Gasteiger charge is -2.13. The third-order valence-corrected chi connectivity index (χ3v) is 5.52. The van der Waals surface area contributed by atoms with Crippen LogP contribution in [-0.2, 0) is 27.7 Å². The van der Waals surface area contributed by atoms with Crippen molar-refractivity contribution in [3.8, 4) is 5.75 Å². The first-order valence-electron chi connectivity index (χ1n) is 7.99. The second-order valence-electron chi connectivity index (χ2n) is 5.99. The van der Waals surface area contributed by atoms with Crippen LogP contribution in [0.1, 0.15) is 24.5 Å². The van der Waals surface area contributed by atoms with Gasteiger partial charge in [-0.2, -0.15) is 0 Å². The highest BCUT2D eigenvalue weighted by molar-refractivity contribution is 7.92. The molecule has 7 heteroatoms. The summed E-state index contributed by atoms with van der Waals surface area (Å²) >= 11 is 0. The Labute approximate surface area is 147 Å². The number of carbonyl (C=O) groups is 1. The van der Waals surface area contributed by atoms with E-state index in [0.29, 0.717) is 17.1 Å². The molecule has 1 aliphatic carbocycles. The van der Waals surface area contributed by atoms with E-state index in [9.17, 15) is 13.2 Å². The molecule has 2 N–H and O–H groups in total. The molecule has 0 atom stereocenters. The number of sulfonamides is 1. The van der Waals surface area contributed by atoms with E-state index in [0.717, 1.165) is 19.3 Å². The molecule has 0 spiro atoms. The first-order chi connectivity index (χ1) is 11.9. The number of nitrogens with one attached hydrogen (secondary N) is 2. The molecule has 0 aliphatic heterocycles. The fourth-order valence-corrected chi connectivity index (χ4v) is 4.07. The number of anilines is 2. The van der Waals surface area contributed by atoms with Gasteiger partial charge in [0.15, 0.2) is 0 Å².